The molecule has 0 radical (unpaired) electrons. The third-order valence-corrected chi connectivity index (χ3v) is 2.86. The van der Waals surface area contributed by atoms with Gasteiger partial charge < -0.3 is 0 Å². The monoisotopic (exact) mass is 240 g/mol. The third kappa shape index (κ3) is 2.25. The van der Waals surface area contributed by atoms with Crippen LogP contribution in [-0.4, -0.2) is 5.78 Å². The maximum Gasteiger partial charge on any atom is 0.195 e. The van der Waals surface area contributed by atoms with E-state index >= 15 is 0 Å². The lowest BCUT2D eigenvalue weighted by molar-refractivity contribution is 0.102. The van der Waals surface area contributed by atoms with Gasteiger partial charge in [0, 0.05) is 0 Å². The van der Waals surface area contributed by atoms with Crippen LogP contribution < -0.4 is 0 Å². The molecule has 2 rings (SSSR count). The van der Waals surface area contributed by atoms with E-state index in [1.807, 2.05) is 0 Å². The minimum absolute atomic E-state index is 0.392. The van der Waals surface area contributed by atoms with Crippen LogP contribution in [0.1, 0.15) is 36.0 Å². The number of hydrogen-bond donors (Lipinski definition) is 0. The van der Waals surface area contributed by atoms with E-state index in [1.54, 1.807) is 6.08 Å². The summed E-state index contributed by atoms with van der Waals surface area (Å²) in [5.74, 6) is -4.81. The Labute approximate surface area is 96.9 Å². The molecule has 0 saturated heterocycles. The Morgan fingerprint density at radius 1 is 1.06 bits per heavy atom. The van der Waals surface area contributed by atoms with Crippen molar-refractivity contribution < 1.29 is 18.0 Å². The quantitative estimate of drug-likeness (QED) is 0.567. The fraction of sp³-hybridized carbons (Fsp3) is 0.308. The maximum atomic E-state index is 13.4. The summed E-state index contributed by atoms with van der Waals surface area (Å²) in [5, 5.41) is 0. The van der Waals surface area contributed by atoms with Gasteiger partial charge in [-0.1, -0.05) is 6.08 Å². The maximum absolute atomic E-state index is 13.4. The van der Waals surface area contributed by atoms with E-state index in [-0.39, 0.29) is 0 Å². The molecule has 0 saturated carbocycles. The van der Waals surface area contributed by atoms with Crippen LogP contribution in [-0.2, 0) is 0 Å². The zero-order valence-corrected chi connectivity index (χ0v) is 9.10. The van der Waals surface area contributed by atoms with Crippen LogP contribution in [0.15, 0.2) is 23.8 Å². The summed E-state index contributed by atoms with van der Waals surface area (Å²) in [6, 6.07) is 1.76. The Hall–Kier alpha value is -1.58. The number of halogens is 3. The first-order valence-electron chi connectivity index (χ1n) is 5.48. The Balaban J connectivity index is 2.37. The summed E-state index contributed by atoms with van der Waals surface area (Å²) in [4.78, 5) is 11.9. The number of benzene rings is 1. The molecule has 0 aliphatic heterocycles. The second-order valence-corrected chi connectivity index (χ2v) is 4.03. The predicted octanol–water partition coefficient (Wildman–Crippen LogP) is 3.79. The van der Waals surface area contributed by atoms with Crippen molar-refractivity contribution in [1.82, 2.24) is 0 Å². The highest BCUT2D eigenvalue weighted by molar-refractivity contribution is 6.08. The van der Waals surface area contributed by atoms with Crippen LogP contribution in [0.2, 0.25) is 0 Å². The standard InChI is InChI=1S/C13H11F3O/c14-10-7-6-9(11(15)12(10)16)13(17)8-4-2-1-3-5-8/h4,6-7H,1-3,5H2. The topological polar surface area (TPSA) is 17.1 Å². The van der Waals surface area contributed by atoms with Gasteiger partial charge in [-0.3, -0.25) is 4.79 Å². The van der Waals surface area contributed by atoms with Crippen LogP contribution in [0.25, 0.3) is 0 Å². The van der Waals surface area contributed by atoms with Crippen molar-refractivity contribution in [2.75, 3.05) is 0 Å². The smallest absolute Gasteiger partial charge is 0.195 e. The van der Waals surface area contributed by atoms with Crippen molar-refractivity contribution >= 4 is 5.78 Å². The van der Waals surface area contributed by atoms with Gasteiger partial charge >= 0.3 is 0 Å². The van der Waals surface area contributed by atoms with Gasteiger partial charge in [0.05, 0.1) is 5.56 Å². The van der Waals surface area contributed by atoms with Gasteiger partial charge in [-0.05, 0) is 43.4 Å². The molecular weight excluding hydrogens is 229 g/mol. The number of allylic oxidation sites excluding steroid dienone is 2. The van der Waals surface area contributed by atoms with E-state index in [1.165, 1.54) is 0 Å². The SMILES string of the molecule is O=C(C1=CCCCC1)c1ccc(F)c(F)c1F. The van der Waals surface area contributed by atoms with Gasteiger partial charge in [0.1, 0.15) is 0 Å². The average Bonchev–Trinajstić information content (AvgIpc) is 2.36. The van der Waals surface area contributed by atoms with E-state index < -0.39 is 28.8 Å². The highest BCUT2D eigenvalue weighted by Gasteiger charge is 2.21. The number of hydrogen-bond acceptors (Lipinski definition) is 1. The minimum Gasteiger partial charge on any atom is -0.289 e. The fourth-order valence-corrected chi connectivity index (χ4v) is 1.92. The normalized spacial score (nSPS) is 15.6. The largest absolute Gasteiger partial charge is 0.289 e. The average molecular weight is 240 g/mol. The lowest BCUT2D eigenvalue weighted by Gasteiger charge is -2.12. The molecule has 17 heavy (non-hydrogen) atoms. The number of Topliss-reactive ketones (excluding diaryl/α,β-unsaturated/α-hetero) is 1. The second kappa shape index (κ2) is 4.73. The number of carbonyl (C=O) groups is 1. The molecule has 0 N–H and O–H groups in total. The van der Waals surface area contributed by atoms with Gasteiger partial charge in [-0.25, -0.2) is 13.2 Å². The van der Waals surface area contributed by atoms with Crippen molar-refractivity contribution in [3.63, 3.8) is 0 Å². The summed E-state index contributed by atoms with van der Waals surface area (Å²) < 4.78 is 39.1. The summed E-state index contributed by atoms with van der Waals surface area (Å²) >= 11 is 0. The Morgan fingerprint density at radius 3 is 2.47 bits per heavy atom. The zero-order valence-electron chi connectivity index (χ0n) is 9.10. The van der Waals surface area contributed by atoms with Crippen LogP contribution >= 0.6 is 0 Å². The highest BCUT2D eigenvalue weighted by Crippen LogP contribution is 2.24. The Morgan fingerprint density at radius 2 is 1.82 bits per heavy atom. The van der Waals surface area contributed by atoms with Crippen molar-refractivity contribution in [3.05, 3.63) is 46.8 Å². The summed E-state index contributed by atoms with van der Waals surface area (Å²) in [6.45, 7) is 0. The molecule has 4 heteroatoms. The van der Waals surface area contributed by atoms with Gasteiger partial charge in [-0.2, -0.15) is 0 Å². The zero-order chi connectivity index (χ0) is 12.4. The predicted molar refractivity (Wildman–Crippen MR) is 57.2 cm³/mol. The van der Waals surface area contributed by atoms with Crippen LogP contribution in [0, 0.1) is 17.5 Å². The van der Waals surface area contributed by atoms with Crippen molar-refractivity contribution in [1.29, 1.82) is 0 Å². The van der Waals surface area contributed by atoms with Crippen LogP contribution in [0.5, 0.6) is 0 Å². The molecule has 0 heterocycles. The van der Waals surface area contributed by atoms with Crippen LogP contribution in [0.3, 0.4) is 0 Å². The Kier molecular flexibility index (Phi) is 3.31. The van der Waals surface area contributed by atoms with Gasteiger partial charge in [-0.15, -0.1) is 0 Å². The lowest BCUT2D eigenvalue weighted by Crippen LogP contribution is -2.10. The number of carbonyl (C=O) groups excluding carboxylic acids is 1. The molecule has 0 atom stereocenters. The van der Waals surface area contributed by atoms with Gasteiger partial charge in [0.15, 0.2) is 23.2 Å². The van der Waals surface area contributed by atoms with E-state index in [4.69, 9.17) is 0 Å². The van der Waals surface area contributed by atoms with Crippen molar-refractivity contribution in [2.24, 2.45) is 0 Å². The first-order valence-corrected chi connectivity index (χ1v) is 5.48. The van der Waals surface area contributed by atoms with Crippen molar-refractivity contribution in [2.45, 2.75) is 25.7 Å². The molecule has 1 aliphatic rings. The summed E-state index contributed by atoms with van der Waals surface area (Å²) in [5.41, 5.74) is 0.0956. The van der Waals surface area contributed by atoms with E-state index in [0.29, 0.717) is 12.0 Å². The Bertz CT molecular complexity index is 492. The number of ketones is 1. The summed E-state index contributed by atoms with van der Waals surface area (Å²) in [7, 11) is 0. The molecule has 0 spiro atoms. The van der Waals surface area contributed by atoms with E-state index in [0.717, 1.165) is 31.4 Å². The lowest BCUT2D eigenvalue weighted by atomic mass is 9.93. The first kappa shape index (κ1) is 11.9. The molecule has 1 aromatic carbocycles. The highest BCUT2D eigenvalue weighted by atomic mass is 19.2. The molecule has 1 aliphatic carbocycles. The van der Waals surface area contributed by atoms with E-state index in [9.17, 15) is 18.0 Å². The molecule has 0 amide bonds. The molecule has 0 aromatic heterocycles. The summed E-state index contributed by atoms with van der Waals surface area (Å²) in [6.07, 6.45) is 4.94. The van der Waals surface area contributed by atoms with Gasteiger partial charge in [0.25, 0.3) is 0 Å². The molecule has 0 bridgehead atoms. The third-order valence-electron chi connectivity index (χ3n) is 2.86. The number of rotatable bonds is 2. The molecule has 1 nitrogen and oxygen atoms in total. The molecule has 0 unspecified atom stereocenters. The van der Waals surface area contributed by atoms with E-state index in [2.05, 4.69) is 0 Å². The second-order valence-electron chi connectivity index (χ2n) is 4.03. The van der Waals surface area contributed by atoms with Gasteiger partial charge in [0.2, 0.25) is 0 Å². The molecule has 1 aromatic rings. The fourth-order valence-electron chi connectivity index (χ4n) is 1.92. The molecular formula is C13H11F3O. The molecule has 90 valence electrons. The molecule has 0 fully saturated rings. The first-order chi connectivity index (χ1) is 8.11. The van der Waals surface area contributed by atoms with Crippen molar-refractivity contribution in [3.8, 4) is 0 Å². The minimum atomic E-state index is -1.59. The van der Waals surface area contributed by atoms with Crippen LogP contribution in [0.4, 0.5) is 13.2 Å².